The highest BCUT2D eigenvalue weighted by atomic mass is 35.5. The molecule has 164 valence electrons. The van der Waals surface area contributed by atoms with Gasteiger partial charge in [0.1, 0.15) is 11.7 Å². The molecule has 1 aromatic heterocycles. The van der Waals surface area contributed by atoms with E-state index in [-0.39, 0.29) is 26.2 Å². The maximum absolute atomic E-state index is 14.2. The van der Waals surface area contributed by atoms with Crippen LogP contribution in [0.1, 0.15) is 21.5 Å². The lowest BCUT2D eigenvalue weighted by molar-refractivity contribution is -0.161. The molecule has 0 radical (unpaired) electrons. The fourth-order valence-electron chi connectivity index (χ4n) is 3.47. The lowest BCUT2D eigenvalue weighted by atomic mass is 9.81. The summed E-state index contributed by atoms with van der Waals surface area (Å²) < 4.78 is 47.5. The standard InChI is InChI=1S/C23H13Cl3F3NO2/c24-16-8-15(9-17(25)10-16)22(23(27,28)29)5-3-14(11-22)13-1-2-19(20(26)7-13)21(31)30-18-4-6-32-12-18/h1-12H,(H,30,31). The van der Waals surface area contributed by atoms with Crippen molar-refractivity contribution >= 4 is 52.0 Å². The molecule has 32 heavy (non-hydrogen) atoms. The van der Waals surface area contributed by atoms with E-state index in [1.807, 2.05) is 0 Å². The molecule has 2 aromatic carbocycles. The van der Waals surface area contributed by atoms with E-state index in [0.29, 0.717) is 16.8 Å². The van der Waals surface area contributed by atoms with Crippen molar-refractivity contribution in [2.45, 2.75) is 11.6 Å². The molecule has 0 saturated carbocycles. The molecule has 4 rings (SSSR count). The van der Waals surface area contributed by atoms with Crippen molar-refractivity contribution in [1.82, 2.24) is 0 Å². The Balaban J connectivity index is 1.70. The van der Waals surface area contributed by atoms with Crippen molar-refractivity contribution in [1.29, 1.82) is 0 Å². The summed E-state index contributed by atoms with van der Waals surface area (Å²) in [4.78, 5) is 12.4. The summed E-state index contributed by atoms with van der Waals surface area (Å²) in [5, 5.41) is 2.90. The van der Waals surface area contributed by atoms with Crippen molar-refractivity contribution in [2.24, 2.45) is 0 Å². The third-order valence-electron chi connectivity index (χ3n) is 5.04. The van der Waals surface area contributed by atoms with Crippen molar-refractivity contribution < 1.29 is 22.4 Å². The van der Waals surface area contributed by atoms with E-state index < -0.39 is 17.5 Å². The number of anilines is 1. The molecule has 3 aromatic rings. The molecule has 1 atom stereocenters. The predicted octanol–water partition coefficient (Wildman–Crippen LogP) is 7.95. The van der Waals surface area contributed by atoms with Gasteiger partial charge < -0.3 is 9.73 Å². The van der Waals surface area contributed by atoms with Gasteiger partial charge >= 0.3 is 6.18 Å². The molecule has 1 aliphatic carbocycles. The monoisotopic (exact) mass is 497 g/mol. The quantitative estimate of drug-likeness (QED) is 0.397. The summed E-state index contributed by atoms with van der Waals surface area (Å²) in [5.41, 5.74) is -1.17. The number of furan rings is 1. The predicted molar refractivity (Wildman–Crippen MR) is 119 cm³/mol. The minimum Gasteiger partial charge on any atom is -0.470 e. The lowest BCUT2D eigenvalue weighted by Gasteiger charge is -2.29. The van der Waals surface area contributed by atoms with Crippen molar-refractivity contribution in [3.63, 3.8) is 0 Å². The minimum atomic E-state index is -4.65. The smallest absolute Gasteiger partial charge is 0.405 e. The third-order valence-corrected chi connectivity index (χ3v) is 5.79. The van der Waals surface area contributed by atoms with Gasteiger partial charge in [0.2, 0.25) is 0 Å². The second-order valence-corrected chi connectivity index (χ2v) is 8.40. The Morgan fingerprint density at radius 1 is 1.00 bits per heavy atom. The fraction of sp³-hybridized carbons (Fsp3) is 0.0870. The molecule has 1 unspecified atom stereocenters. The van der Waals surface area contributed by atoms with Crippen LogP contribution in [-0.2, 0) is 5.41 Å². The summed E-state index contributed by atoms with van der Waals surface area (Å²) in [7, 11) is 0. The molecular weight excluding hydrogens is 486 g/mol. The zero-order valence-electron chi connectivity index (χ0n) is 16.0. The van der Waals surface area contributed by atoms with Gasteiger partial charge in [-0.3, -0.25) is 4.79 Å². The second-order valence-electron chi connectivity index (χ2n) is 7.12. The van der Waals surface area contributed by atoms with E-state index in [9.17, 15) is 18.0 Å². The van der Waals surface area contributed by atoms with Gasteiger partial charge in [0.15, 0.2) is 0 Å². The van der Waals surface area contributed by atoms with Crippen LogP contribution in [0.3, 0.4) is 0 Å². The van der Waals surface area contributed by atoms with E-state index in [4.69, 9.17) is 39.2 Å². The summed E-state index contributed by atoms with van der Waals surface area (Å²) in [5.74, 6) is -0.475. The summed E-state index contributed by atoms with van der Waals surface area (Å²) in [6, 6.07) is 9.83. The van der Waals surface area contributed by atoms with Gasteiger partial charge in [-0.15, -0.1) is 0 Å². The van der Waals surface area contributed by atoms with Crippen LogP contribution in [0.4, 0.5) is 18.9 Å². The first-order valence-corrected chi connectivity index (χ1v) is 10.3. The Kier molecular flexibility index (Phi) is 5.88. The van der Waals surface area contributed by atoms with Crippen LogP contribution in [0.15, 0.2) is 77.6 Å². The highest BCUT2D eigenvalue weighted by Gasteiger charge is 2.54. The van der Waals surface area contributed by atoms with Crippen LogP contribution in [-0.4, -0.2) is 12.1 Å². The first kappa shape index (κ1) is 22.5. The minimum absolute atomic E-state index is 0.0908. The Morgan fingerprint density at radius 3 is 2.31 bits per heavy atom. The molecule has 0 saturated heterocycles. The number of amides is 1. The topological polar surface area (TPSA) is 42.2 Å². The summed E-state index contributed by atoms with van der Waals surface area (Å²) >= 11 is 18.2. The van der Waals surface area contributed by atoms with Gasteiger partial charge in [0, 0.05) is 10.0 Å². The number of allylic oxidation sites excluding steroid dienone is 4. The highest BCUT2D eigenvalue weighted by Crippen LogP contribution is 2.49. The largest absolute Gasteiger partial charge is 0.470 e. The molecular formula is C23H13Cl3F3NO2. The molecule has 0 aliphatic heterocycles. The number of hydrogen-bond donors (Lipinski definition) is 1. The third kappa shape index (κ3) is 4.18. The van der Waals surface area contributed by atoms with Crippen molar-refractivity contribution in [2.75, 3.05) is 5.32 Å². The Labute approximate surface area is 196 Å². The van der Waals surface area contributed by atoms with Crippen molar-refractivity contribution in [3.05, 3.63) is 105 Å². The lowest BCUT2D eigenvalue weighted by Crippen LogP contribution is -2.37. The molecule has 1 N–H and O–H groups in total. The average molecular weight is 499 g/mol. The zero-order valence-corrected chi connectivity index (χ0v) is 18.3. The van der Waals surface area contributed by atoms with Crippen LogP contribution in [0.2, 0.25) is 15.1 Å². The number of carbonyl (C=O) groups excluding carboxylic acids is 1. The number of carbonyl (C=O) groups is 1. The van der Waals surface area contributed by atoms with Gasteiger partial charge in [-0.2, -0.15) is 13.2 Å². The van der Waals surface area contributed by atoms with Gasteiger partial charge in [-0.1, -0.05) is 59.1 Å². The van der Waals surface area contributed by atoms with Gasteiger partial charge in [-0.25, -0.2) is 0 Å². The van der Waals surface area contributed by atoms with E-state index in [2.05, 4.69) is 5.32 Å². The molecule has 0 spiro atoms. The average Bonchev–Trinajstić information content (AvgIpc) is 3.37. The number of hydrogen-bond acceptors (Lipinski definition) is 2. The Hall–Kier alpha value is -2.67. The first-order chi connectivity index (χ1) is 15.1. The Morgan fingerprint density at radius 2 is 1.72 bits per heavy atom. The van der Waals surface area contributed by atoms with Crippen molar-refractivity contribution in [3.8, 4) is 0 Å². The highest BCUT2D eigenvalue weighted by molar-refractivity contribution is 6.35. The molecule has 1 amide bonds. The molecule has 0 bridgehead atoms. The number of benzene rings is 2. The SMILES string of the molecule is O=C(Nc1ccoc1)c1ccc(C2=CC(c3cc(Cl)cc(Cl)c3)(C(F)(F)F)C=C2)cc1Cl. The number of halogens is 6. The summed E-state index contributed by atoms with van der Waals surface area (Å²) in [6.45, 7) is 0. The number of nitrogens with one attached hydrogen (secondary N) is 1. The summed E-state index contributed by atoms with van der Waals surface area (Å²) in [6.07, 6.45) is 1.61. The maximum atomic E-state index is 14.2. The zero-order chi connectivity index (χ0) is 23.1. The molecule has 9 heteroatoms. The number of rotatable bonds is 4. The van der Waals surface area contributed by atoms with Crippen LogP contribution in [0, 0.1) is 0 Å². The van der Waals surface area contributed by atoms with E-state index in [0.717, 1.165) is 12.2 Å². The van der Waals surface area contributed by atoms with Gasteiger partial charge in [0.25, 0.3) is 5.91 Å². The molecule has 3 nitrogen and oxygen atoms in total. The van der Waals surface area contributed by atoms with E-state index in [1.54, 1.807) is 6.07 Å². The Bertz CT molecular complexity index is 1230. The second kappa shape index (κ2) is 8.35. The van der Waals surface area contributed by atoms with Crippen LogP contribution in [0.5, 0.6) is 0 Å². The molecule has 1 aliphatic rings. The van der Waals surface area contributed by atoms with Crippen LogP contribution < -0.4 is 5.32 Å². The first-order valence-electron chi connectivity index (χ1n) is 9.18. The fourth-order valence-corrected chi connectivity index (χ4v) is 4.26. The van der Waals surface area contributed by atoms with Crippen LogP contribution in [0.25, 0.3) is 5.57 Å². The molecule has 0 fully saturated rings. The molecule has 1 heterocycles. The van der Waals surface area contributed by atoms with E-state index >= 15 is 0 Å². The van der Waals surface area contributed by atoms with Crippen LogP contribution >= 0.6 is 34.8 Å². The van der Waals surface area contributed by atoms with Gasteiger partial charge in [0.05, 0.1) is 22.5 Å². The van der Waals surface area contributed by atoms with E-state index in [1.165, 1.54) is 55.0 Å². The number of alkyl halides is 3. The van der Waals surface area contributed by atoms with Gasteiger partial charge in [-0.05, 0) is 53.1 Å². The maximum Gasteiger partial charge on any atom is 0.405 e. The normalized spacial score (nSPS) is 18.0.